The lowest BCUT2D eigenvalue weighted by atomic mass is 9.76. The Kier molecular flexibility index (Phi) is 3.07. The van der Waals surface area contributed by atoms with E-state index in [4.69, 9.17) is 4.74 Å². The number of nitrogens with zero attached hydrogens (tertiary/aromatic N) is 2. The fraction of sp³-hybridized carbons (Fsp3) is 0.692. The maximum Gasteiger partial charge on any atom is 0.234 e. The van der Waals surface area contributed by atoms with E-state index < -0.39 is 5.41 Å². The van der Waals surface area contributed by atoms with Crippen LogP contribution in [0.15, 0.2) is 12.3 Å². The van der Waals surface area contributed by atoms with Gasteiger partial charge in [-0.25, -0.2) is 0 Å². The van der Waals surface area contributed by atoms with Crippen molar-refractivity contribution >= 4 is 5.91 Å². The fourth-order valence-corrected chi connectivity index (χ4v) is 3.06. The molecule has 0 atom stereocenters. The maximum atomic E-state index is 12.8. The van der Waals surface area contributed by atoms with E-state index in [1.54, 1.807) is 6.20 Å². The van der Waals surface area contributed by atoms with Gasteiger partial charge < -0.3 is 9.64 Å². The summed E-state index contributed by atoms with van der Waals surface area (Å²) in [6, 6.07) is 1.93. The number of hydrogen-bond acceptors (Lipinski definition) is 3. The summed E-state index contributed by atoms with van der Waals surface area (Å²) in [6.45, 7) is 3.10. The molecule has 1 aromatic rings. The van der Waals surface area contributed by atoms with Crippen molar-refractivity contribution < 1.29 is 9.53 Å². The van der Waals surface area contributed by atoms with Crippen molar-refractivity contribution in [2.24, 2.45) is 0 Å². The summed E-state index contributed by atoms with van der Waals surface area (Å²) in [5, 5.41) is 7.01. The van der Waals surface area contributed by atoms with Crippen LogP contribution in [0.4, 0.5) is 0 Å². The average molecular weight is 249 g/mol. The molecule has 0 aromatic carbocycles. The lowest BCUT2D eigenvalue weighted by molar-refractivity contribution is -0.140. The summed E-state index contributed by atoms with van der Waals surface area (Å²) in [7, 11) is 0. The summed E-state index contributed by atoms with van der Waals surface area (Å²) in [4.78, 5) is 14.8. The molecular weight excluding hydrogens is 230 g/mol. The number of nitrogens with one attached hydrogen (secondary N) is 1. The smallest absolute Gasteiger partial charge is 0.234 e. The molecule has 0 bridgehead atoms. The number of aromatic amines is 1. The van der Waals surface area contributed by atoms with E-state index in [2.05, 4.69) is 10.2 Å². The molecule has 1 N–H and O–H groups in total. The molecule has 0 aliphatic carbocycles. The van der Waals surface area contributed by atoms with Gasteiger partial charge in [-0.1, -0.05) is 0 Å². The molecule has 3 heterocycles. The van der Waals surface area contributed by atoms with E-state index in [9.17, 15) is 4.79 Å². The summed E-state index contributed by atoms with van der Waals surface area (Å²) in [6.07, 6.45) is 5.49. The van der Waals surface area contributed by atoms with Crippen LogP contribution in [-0.4, -0.2) is 47.3 Å². The first-order chi connectivity index (χ1) is 8.83. The van der Waals surface area contributed by atoms with E-state index >= 15 is 0 Å². The molecule has 0 radical (unpaired) electrons. The molecule has 1 amide bonds. The van der Waals surface area contributed by atoms with Crippen LogP contribution in [0.2, 0.25) is 0 Å². The Balaban J connectivity index is 1.91. The topological polar surface area (TPSA) is 58.2 Å². The molecule has 5 heteroatoms. The van der Waals surface area contributed by atoms with Gasteiger partial charge in [0, 0.05) is 32.5 Å². The van der Waals surface area contributed by atoms with Gasteiger partial charge in [0.25, 0.3) is 0 Å². The number of hydrogen-bond donors (Lipinski definition) is 1. The third-order valence-corrected chi connectivity index (χ3v) is 4.17. The zero-order valence-corrected chi connectivity index (χ0v) is 10.5. The second kappa shape index (κ2) is 4.72. The van der Waals surface area contributed by atoms with Gasteiger partial charge in [0.1, 0.15) is 0 Å². The van der Waals surface area contributed by atoms with Gasteiger partial charge in [-0.15, -0.1) is 0 Å². The highest BCUT2D eigenvalue weighted by Crippen LogP contribution is 2.36. The Hall–Kier alpha value is -1.36. The number of carbonyl (C=O) groups excluding carboxylic acids is 1. The van der Waals surface area contributed by atoms with E-state index in [0.717, 1.165) is 44.5 Å². The highest BCUT2D eigenvalue weighted by molar-refractivity contribution is 5.88. The van der Waals surface area contributed by atoms with Crippen molar-refractivity contribution in [3.05, 3.63) is 18.0 Å². The minimum Gasteiger partial charge on any atom is -0.381 e. The molecule has 3 rings (SSSR count). The molecular formula is C13H19N3O2. The number of aromatic nitrogens is 2. The molecule has 0 spiro atoms. The Labute approximate surface area is 107 Å². The lowest BCUT2D eigenvalue weighted by Crippen LogP contribution is -2.49. The Morgan fingerprint density at radius 3 is 2.67 bits per heavy atom. The molecule has 1 aromatic heterocycles. The third kappa shape index (κ3) is 1.82. The quantitative estimate of drug-likeness (QED) is 0.853. The average Bonchev–Trinajstić information content (AvgIpc) is 3.11. The van der Waals surface area contributed by atoms with Gasteiger partial charge in [0.15, 0.2) is 0 Å². The van der Waals surface area contributed by atoms with Gasteiger partial charge in [-0.2, -0.15) is 5.10 Å². The minimum atomic E-state index is -0.431. The second-order valence-corrected chi connectivity index (χ2v) is 5.16. The molecule has 5 nitrogen and oxygen atoms in total. The van der Waals surface area contributed by atoms with Crippen LogP contribution >= 0.6 is 0 Å². The van der Waals surface area contributed by atoms with Gasteiger partial charge in [-0.05, 0) is 31.7 Å². The van der Waals surface area contributed by atoms with Gasteiger partial charge in [0.2, 0.25) is 5.91 Å². The summed E-state index contributed by atoms with van der Waals surface area (Å²) < 4.78 is 5.43. The van der Waals surface area contributed by atoms with Crippen molar-refractivity contribution in [2.45, 2.75) is 31.1 Å². The van der Waals surface area contributed by atoms with Crippen molar-refractivity contribution in [1.82, 2.24) is 15.1 Å². The Bertz CT molecular complexity index is 404. The molecule has 0 saturated carbocycles. The molecule has 0 unspecified atom stereocenters. The number of likely N-dealkylation sites (tertiary alicyclic amines) is 1. The minimum absolute atomic E-state index is 0.257. The molecule has 2 fully saturated rings. The zero-order valence-electron chi connectivity index (χ0n) is 10.5. The van der Waals surface area contributed by atoms with Crippen molar-refractivity contribution in [3.63, 3.8) is 0 Å². The zero-order chi connectivity index (χ0) is 12.4. The van der Waals surface area contributed by atoms with E-state index in [1.807, 2.05) is 11.0 Å². The predicted octanol–water partition coefficient (Wildman–Crippen LogP) is 1.08. The van der Waals surface area contributed by atoms with E-state index in [-0.39, 0.29) is 5.91 Å². The summed E-state index contributed by atoms with van der Waals surface area (Å²) >= 11 is 0. The molecule has 98 valence electrons. The molecule has 2 aliphatic heterocycles. The van der Waals surface area contributed by atoms with Crippen LogP contribution < -0.4 is 0 Å². The van der Waals surface area contributed by atoms with E-state index in [0.29, 0.717) is 13.2 Å². The number of rotatable bonds is 2. The number of carbonyl (C=O) groups is 1. The van der Waals surface area contributed by atoms with Crippen molar-refractivity contribution in [2.75, 3.05) is 26.3 Å². The fourth-order valence-electron chi connectivity index (χ4n) is 3.06. The Morgan fingerprint density at radius 2 is 2.06 bits per heavy atom. The summed E-state index contributed by atoms with van der Waals surface area (Å²) in [5.41, 5.74) is 0.515. The van der Waals surface area contributed by atoms with Gasteiger partial charge in [-0.3, -0.25) is 9.89 Å². The van der Waals surface area contributed by atoms with Crippen LogP contribution in [0, 0.1) is 0 Å². The largest absolute Gasteiger partial charge is 0.381 e. The SMILES string of the molecule is O=C(N1CCCC1)C1(c2ccn[nH]2)CCOCC1. The van der Waals surface area contributed by atoms with Crippen LogP contribution in [0.25, 0.3) is 0 Å². The van der Waals surface area contributed by atoms with E-state index in [1.165, 1.54) is 0 Å². The molecule has 2 aliphatic rings. The van der Waals surface area contributed by atoms with Crippen molar-refractivity contribution in [1.29, 1.82) is 0 Å². The second-order valence-electron chi connectivity index (χ2n) is 5.16. The normalized spacial score (nSPS) is 23.2. The molecule has 18 heavy (non-hydrogen) atoms. The highest BCUT2D eigenvalue weighted by atomic mass is 16.5. The Morgan fingerprint density at radius 1 is 1.33 bits per heavy atom. The monoisotopic (exact) mass is 249 g/mol. The first-order valence-electron chi connectivity index (χ1n) is 6.70. The third-order valence-electron chi connectivity index (χ3n) is 4.17. The number of ether oxygens (including phenoxy) is 1. The van der Waals surface area contributed by atoms with Crippen LogP contribution in [-0.2, 0) is 14.9 Å². The lowest BCUT2D eigenvalue weighted by Gasteiger charge is -2.37. The molecule has 2 saturated heterocycles. The van der Waals surface area contributed by atoms with Crippen molar-refractivity contribution in [3.8, 4) is 0 Å². The summed E-state index contributed by atoms with van der Waals surface area (Å²) in [5.74, 6) is 0.257. The van der Waals surface area contributed by atoms with Crippen LogP contribution in [0.3, 0.4) is 0 Å². The first-order valence-corrected chi connectivity index (χ1v) is 6.70. The van der Waals surface area contributed by atoms with Gasteiger partial charge in [0.05, 0.1) is 11.1 Å². The maximum absolute atomic E-state index is 12.8. The number of H-pyrrole nitrogens is 1. The first kappa shape index (κ1) is 11.7. The van der Waals surface area contributed by atoms with Crippen LogP contribution in [0.5, 0.6) is 0 Å². The predicted molar refractivity (Wildman–Crippen MR) is 66.1 cm³/mol. The van der Waals surface area contributed by atoms with Gasteiger partial charge >= 0.3 is 0 Å². The highest BCUT2D eigenvalue weighted by Gasteiger charge is 2.45. The standard InChI is InChI=1S/C13H19N3O2/c17-12(16-7-1-2-8-16)13(4-9-18-10-5-13)11-3-6-14-15-11/h3,6H,1-2,4-5,7-10H2,(H,14,15). The number of amides is 1. The van der Waals surface area contributed by atoms with Crippen LogP contribution in [0.1, 0.15) is 31.4 Å².